The Morgan fingerprint density at radius 3 is 3.05 bits per heavy atom. The average Bonchev–Trinajstić information content (AvgIpc) is 2.44. The minimum absolute atomic E-state index is 0.337. The molecule has 1 N–H and O–H groups in total. The summed E-state index contributed by atoms with van der Waals surface area (Å²) < 4.78 is 5.87. The van der Waals surface area contributed by atoms with Gasteiger partial charge in [0, 0.05) is 37.3 Å². The van der Waals surface area contributed by atoms with Crippen LogP contribution in [-0.2, 0) is 37.2 Å². The minimum Gasteiger partial charge on any atom is -0.373 e. The number of nitrogens with zero attached hydrogens (tertiary/aromatic N) is 1. The van der Waals surface area contributed by atoms with Gasteiger partial charge in [-0.15, -0.1) is 0 Å². The van der Waals surface area contributed by atoms with Gasteiger partial charge in [-0.05, 0) is 36.5 Å². The molecule has 0 radical (unpaired) electrons. The van der Waals surface area contributed by atoms with Gasteiger partial charge in [-0.3, -0.25) is 4.98 Å². The smallest absolute Gasteiger partial charge is 0.0727 e. The summed E-state index contributed by atoms with van der Waals surface area (Å²) in [5, 5.41) is 3.47. The van der Waals surface area contributed by atoms with Crippen LogP contribution in [0.5, 0.6) is 0 Å². The van der Waals surface area contributed by atoms with Crippen molar-refractivity contribution in [3.63, 3.8) is 0 Å². The summed E-state index contributed by atoms with van der Waals surface area (Å²) >= 11 is 0. The van der Waals surface area contributed by atoms with Crippen molar-refractivity contribution in [2.45, 2.75) is 65.2 Å². The molecule has 0 saturated heterocycles. The molecule has 3 heteroatoms. The lowest BCUT2D eigenvalue weighted by Gasteiger charge is -2.30. The van der Waals surface area contributed by atoms with E-state index in [2.05, 4.69) is 19.2 Å². The average molecular weight is 260 g/mol. The maximum absolute atomic E-state index is 5.87. The van der Waals surface area contributed by atoms with Gasteiger partial charge in [-0.1, -0.05) is 13.3 Å². The van der Waals surface area contributed by atoms with E-state index < -0.39 is 0 Å². The van der Waals surface area contributed by atoms with Crippen molar-refractivity contribution in [3.05, 3.63) is 28.1 Å². The maximum Gasteiger partial charge on any atom is 0.0727 e. The van der Waals surface area contributed by atoms with Crippen molar-refractivity contribution in [1.29, 1.82) is 0 Å². The summed E-state index contributed by atoms with van der Waals surface area (Å²) in [6.07, 6.45) is 6.05. The van der Waals surface area contributed by atoms with Crippen molar-refractivity contribution >= 4 is 0 Å². The van der Waals surface area contributed by atoms with Gasteiger partial charge in [0.05, 0.1) is 12.7 Å². The van der Waals surface area contributed by atoms with E-state index in [0.29, 0.717) is 6.10 Å². The quantitative estimate of drug-likeness (QED) is 0.907. The SMILES string of the molecule is CCCCc1nc2c(c3c1C[C@H](C)OC3)CNCC2. The van der Waals surface area contributed by atoms with Crippen molar-refractivity contribution in [2.75, 3.05) is 6.54 Å². The van der Waals surface area contributed by atoms with Crippen molar-refractivity contribution in [2.24, 2.45) is 0 Å². The number of pyridine rings is 1. The van der Waals surface area contributed by atoms with E-state index in [1.54, 1.807) is 0 Å². The molecule has 0 aliphatic carbocycles. The highest BCUT2D eigenvalue weighted by Crippen LogP contribution is 2.30. The number of rotatable bonds is 3. The first-order chi connectivity index (χ1) is 9.29. The van der Waals surface area contributed by atoms with Crippen molar-refractivity contribution < 1.29 is 4.74 Å². The zero-order valence-corrected chi connectivity index (χ0v) is 12.1. The van der Waals surface area contributed by atoms with Crippen LogP contribution in [0.2, 0.25) is 0 Å². The Morgan fingerprint density at radius 2 is 2.21 bits per heavy atom. The predicted octanol–water partition coefficient (Wildman–Crippen LogP) is 2.53. The van der Waals surface area contributed by atoms with Crippen LogP contribution in [0.25, 0.3) is 0 Å². The van der Waals surface area contributed by atoms with Crippen LogP contribution in [0.3, 0.4) is 0 Å². The second-order valence-electron chi connectivity index (χ2n) is 5.80. The standard InChI is InChI=1S/C16H24N2O/c1-3-4-5-15-12-8-11(2)19-10-14(12)13-9-17-7-6-16(13)18-15/h11,17H,3-10H2,1-2H3/t11-/m0/s1. The lowest BCUT2D eigenvalue weighted by atomic mass is 9.89. The van der Waals surface area contributed by atoms with Crippen LogP contribution in [0.15, 0.2) is 0 Å². The Labute approximate surface area is 115 Å². The molecule has 3 nitrogen and oxygen atoms in total. The summed E-state index contributed by atoms with van der Waals surface area (Å²) in [5.41, 5.74) is 7.04. The van der Waals surface area contributed by atoms with Crippen LogP contribution in [0.1, 0.15) is 54.8 Å². The molecule has 19 heavy (non-hydrogen) atoms. The summed E-state index contributed by atoms with van der Waals surface area (Å²) in [5.74, 6) is 0. The Morgan fingerprint density at radius 1 is 1.32 bits per heavy atom. The number of ether oxygens (including phenoxy) is 1. The summed E-state index contributed by atoms with van der Waals surface area (Å²) in [7, 11) is 0. The zero-order chi connectivity index (χ0) is 13.2. The second-order valence-corrected chi connectivity index (χ2v) is 5.80. The third kappa shape index (κ3) is 2.54. The summed E-state index contributed by atoms with van der Waals surface area (Å²) in [6, 6.07) is 0. The topological polar surface area (TPSA) is 34.1 Å². The van der Waals surface area contributed by atoms with Crippen LogP contribution in [0, 0.1) is 0 Å². The first kappa shape index (κ1) is 13.1. The minimum atomic E-state index is 0.337. The number of aryl methyl sites for hydroxylation is 1. The number of hydrogen-bond donors (Lipinski definition) is 1. The maximum atomic E-state index is 5.87. The van der Waals surface area contributed by atoms with Gasteiger partial charge in [-0.25, -0.2) is 0 Å². The molecule has 3 heterocycles. The second kappa shape index (κ2) is 5.59. The number of hydrogen-bond acceptors (Lipinski definition) is 3. The highest BCUT2D eigenvalue weighted by atomic mass is 16.5. The Hall–Kier alpha value is -0.930. The molecule has 1 atom stereocenters. The van der Waals surface area contributed by atoms with Crippen molar-refractivity contribution in [1.82, 2.24) is 10.3 Å². The molecule has 0 saturated carbocycles. The Bertz CT molecular complexity index is 470. The lowest BCUT2D eigenvalue weighted by molar-refractivity contribution is 0.0397. The molecule has 0 spiro atoms. The zero-order valence-electron chi connectivity index (χ0n) is 12.1. The summed E-state index contributed by atoms with van der Waals surface area (Å²) in [6.45, 7) is 7.23. The molecule has 0 fully saturated rings. The third-order valence-corrected chi connectivity index (χ3v) is 4.31. The molecule has 1 aromatic heterocycles. The van der Waals surface area contributed by atoms with Crippen LogP contribution < -0.4 is 5.32 Å². The molecule has 0 aromatic carbocycles. The van der Waals surface area contributed by atoms with E-state index >= 15 is 0 Å². The van der Waals surface area contributed by atoms with Gasteiger partial charge in [-0.2, -0.15) is 0 Å². The lowest BCUT2D eigenvalue weighted by Crippen LogP contribution is -2.30. The van der Waals surface area contributed by atoms with Gasteiger partial charge in [0.15, 0.2) is 0 Å². The normalized spacial score (nSPS) is 21.9. The highest BCUT2D eigenvalue weighted by molar-refractivity contribution is 5.43. The van der Waals surface area contributed by atoms with Gasteiger partial charge < -0.3 is 10.1 Å². The first-order valence-corrected chi connectivity index (χ1v) is 7.64. The molecule has 0 unspecified atom stereocenters. The monoisotopic (exact) mass is 260 g/mol. The number of fused-ring (bicyclic) bond motifs is 3. The molecule has 1 aromatic rings. The Balaban J connectivity index is 2.03. The van der Waals surface area contributed by atoms with E-state index in [9.17, 15) is 0 Å². The van der Waals surface area contributed by atoms with Crippen LogP contribution in [0.4, 0.5) is 0 Å². The third-order valence-electron chi connectivity index (χ3n) is 4.31. The first-order valence-electron chi connectivity index (χ1n) is 7.64. The molecule has 3 rings (SSSR count). The van der Waals surface area contributed by atoms with Gasteiger partial charge in [0.25, 0.3) is 0 Å². The molecule has 104 valence electrons. The number of nitrogens with one attached hydrogen (secondary N) is 1. The van der Waals surface area contributed by atoms with Crippen LogP contribution in [-0.4, -0.2) is 17.6 Å². The molecule has 0 amide bonds. The predicted molar refractivity (Wildman–Crippen MR) is 76.2 cm³/mol. The van der Waals surface area contributed by atoms with Crippen molar-refractivity contribution in [3.8, 4) is 0 Å². The Kier molecular flexibility index (Phi) is 3.85. The van der Waals surface area contributed by atoms with E-state index in [1.807, 2.05) is 0 Å². The van der Waals surface area contributed by atoms with E-state index in [4.69, 9.17) is 9.72 Å². The molecule has 2 aliphatic rings. The molecule has 2 aliphatic heterocycles. The fraction of sp³-hybridized carbons (Fsp3) is 0.688. The van der Waals surface area contributed by atoms with E-state index in [1.165, 1.54) is 40.9 Å². The van der Waals surface area contributed by atoms with E-state index in [-0.39, 0.29) is 0 Å². The fourth-order valence-corrected chi connectivity index (χ4v) is 3.20. The molecule has 0 bridgehead atoms. The largest absolute Gasteiger partial charge is 0.373 e. The van der Waals surface area contributed by atoms with Crippen LogP contribution >= 0.6 is 0 Å². The fourth-order valence-electron chi connectivity index (χ4n) is 3.20. The van der Waals surface area contributed by atoms with E-state index in [0.717, 1.165) is 39.0 Å². The summed E-state index contributed by atoms with van der Waals surface area (Å²) in [4.78, 5) is 5.00. The number of aromatic nitrogens is 1. The molecular formula is C16H24N2O. The molecular weight excluding hydrogens is 236 g/mol. The number of unbranched alkanes of at least 4 members (excludes halogenated alkanes) is 1. The highest BCUT2D eigenvalue weighted by Gasteiger charge is 2.25. The van der Waals surface area contributed by atoms with Gasteiger partial charge in [0.2, 0.25) is 0 Å². The van der Waals surface area contributed by atoms with Gasteiger partial charge in [0.1, 0.15) is 0 Å². The van der Waals surface area contributed by atoms with Gasteiger partial charge >= 0.3 is 0 Å².